The molecule has 0 saturated carbocycles. The Hall–Kier alpha value is -1.48. The van der Waals surface area contributed by atoms with E-state index in [0.29, 0.717) is 0 Å². The van der Waals surface area contributed by atoms with Gasteiger partial charge in [0.2, 0.25) is 0 Å². The lowest BCUT2D eigenvalue weighted by molar-refractivity contribution is 0.408. The van der Waals surface area contributed by atoms with Crippen LogP contribution in [0.25, 0.3) is 0 Å². The Morgan fingerprint density at radius 1 is 0.947 bits per heavy atom. The van der Waals surface area contributed by atoms with Crippen LogP contribution in [0.15, 0.2) is 46.9 Å². The average molecular weight is 321 g/mol. The maximum absolute atomic E-state index is 5.43. The highest BCUT2D eigenvalue weighted by atomic mass is 79.9. The summed E-state index contributed by atoms with van der Waals surface area (Å²) in [6, 6.07) is 14.2. The molecule has 0 heterocycles. The summed E-state index contributed by atoms with van der Waals surface area (Å²) in [6.07, 6.45) is 0. The zero-order valence-electron chi connectivity index (χ0n) is 11.3. The standard InChI is InChI=1S/C16H17BrO2/c1-11(14-6-4-5-7-16(14)19-3)13-9-8-12(18-2)10-15(13)17/h4-11H,1-3H3. The fraction of sp³-hybridized carbons (Fsp3) is 0.250. The van der Waals surface area contributed by atoms with Crippen LogP contribution in [-0.2, 0) is 0 Å². The zero-order valence-corrected chi connectivity index (χ0v) is 12.9. The van der Waals surface area contributed by atoms with E-state index in [4.69, 9.17) is 9.47 Å². The van der Waals surface area contributed by atoms with E-state index >= 15 is 0 Å². The third-order valence-electron chi connectivity index (χ3n) is 3.28. The van der Waals surface area contributed by atoms with Gasteiger partial charge in [0.25, 0.3) is 0 Å². The van der Waals surface area contributed by atoms with Gasteiger partial charge in [-0.1, -0.05) is 47.1 Å². The summed E-state index contributed by atoms with van der Waals surface area (Å²) >= 11 is 3.61. The zero-order chi connectivity index (χ0) is 13.8. The molecule has 0 aromatic heterocycles. The van der Waals surface area contributed by atoms with Crippen LogP contribution in [0, 0.1) is 0 Å². The van der Waals surface area contributed by atoms with E-state index in [2.05, 4.69) is 35.0 Å². The van der Waals surface area contributed by atoms with Gasteiger partial charge in [-0.05, 0) is 23.8 Å². The van der Waals surface area contributed by atoms with Gasteiger partial charge in [-0.25, -0.2) is 0 Å². The molecule has 1 atom stereocenters. The Morgan fingerprint density at radius 3 is 2.32 bits per heavy atom. The van der Waals surface area contributed by atoms with Crippen LogP contribution in [0.1, 0.15) is 24.0 Å². The van der Waals surface area contributed by atoms with Crippen molar-refractivity contribution in [2.24, 2.45) is 0 Å². The van der Waals surface area contributed by atoms with Crippen LogP contribution >= 0.6 is 15.9 Å². The first-order chi connectivity index (χ1) is 9.17. The molecule has 100 valence electrons. The van der Waals surface area contributed by atoms with Crippen molar-refractivity contribution in [2.45, 2.75) is 12.8 Å². The molecule has 2 aromatic carbocycles. The molecule has 0 radical (unpaired) electrons. The molecule has 19 heavy (non-hydrogen) atoms. The van der Waals surface area contributed by atoms with E-state index in [1.165, 1.54) is 11.1 Å². The highest BCUT2D eigenvalue weighted by Gasteiger charge is 2.15. The van der Waals surface area contributed by atoms with Gasteiger partial charge < -0.3 is 9.47 Å². The van der Waals surface area contributed by atoms with Gasteiger partial charge in [-0.15, -0.1) is 0 Å². The number of para-hydroxylation sites is 1. The van der Waals surface area contributed by atoms with Gasteiger partial charge in [0.15, 0.2) is 0 Å². The van der Waals surface area contributed by atoms with Crippen LogP contribution in [-0.4, -0.2) is 14.2 Å². The highest BCUT2D eigenvalue weighted by molar-refractivity contribution is 9.10. The first kappa shape index (κ1) is 13.9. The lowest BCUT2D eigenvalue weighted by atomic mass is 9.92. The lowest BCUT2D eigenvalue weighted by Crippen LogP contribution is -2.00. The van der Waals surface area contributed by atoms with Crippen molar-refractivity contribution < 1.29 is 9.47 Å². The van der Waals surface area contributed by atoms with Crippen LogP contribution < -0.4 is 9.47 Å². The summed E-state index contributed by atoms with van der Waals surface area (Å²) in [6.45, 7) is 2.17. The quantitative estimate of drug-likeness (QED) is 0.818. The van der Waals surface area contributed by atoms with Gasteiger partial charge in [0.1, 0.15) is 11.5 Å². The number of benzene rings is 2. The molecule has 0 fully saturated rings. The topological polar surface area (TPSA) is 18.5 Å². The van der Waals surface area contributed by atoms with Crippen LogP contribution in [0.4, 0.5) is 0 Å². The molecule has 2 nitrogen and oxygen atoms in total. The Labute approximate surface area is 122 Å². The summed E-state index contributed by atoms with van der Waals surface area (Å²) < 4.78 is 11.7. The molecule has 0 bridgehead atoms. The van der Waals surface area contributed by atoms with Gasteiger partial charge >= 0.3 is 0 Å². The van der Waals surface area contributed by atoms with E-state index in [-0.39, 0.29) is 5.92 Å². The first-order valence-corrected chi connectivity index (χ1v) is 6.93. The molecule has 3 heteroatoms. The molecule has 0 aliphatic carbocycles. The van der Waals surface area contributed by atoms with Gasteiger partial charge in [0, 0.05) is 16.0 Å². The monoisotopic (exact) mass is 320 g/mol. The maximum atomic E-state index is 5.43. The van der Waals surface area contributed by atoms with Crippen molar-refractivity contribution >= 4 is 15.9 Å². The third kappa shape index (κ3) is 2.92. The van der Waals surface area contributed by atoms with E-state index < -0.39 is 0 Å². The normalized spacial score (nSPS) is 12.0. The minimum absolute atomic E-state index is 0.247. The second-order valence-corrected chi connectivity index (χ2v) is 5.21. The van der Waals surface area contributed by atoms with Crippen molar-refractivity contribution in [1.29, 1.82) is 0 Å². The Bertz CT molecular complexity index is 566. The van der Waals surface area contributed by atoms with Crippen molar-refractivity contribution in [3.8, 4) is 11.5 Å². The minimum atomic E-state index is 0.247. The van der Waals surface area contributed by atoms with Crippen LogP contribution in [0.2, 0.25) is 0 Å². The Morgan fingerprint density at radius 2 is 1.68 bits per heavy atom. The number of methoxy groups -OCH3 is 2. The number of hydrogen-bond acceptors (Lipinski definition) is 2. The number of hydrogen-bond donors (Lipinski definition) is 0. The van der Waals surface area contributed by atoms with E-state index in [1.54, 1.807) is 14.2 Å². The van der Waals surface area contributed by atoms with Crippen LogP contribution in [0.5, 0.6) is 11.5 Å². The summed E-state index contributed by atoms with van der Waals surface area (Å²) in [5.41, 5.74) is 2.39. The van der Waals surface area contributed by atoms with Crippen molar-refractivity contribution in [3.63, 3.8) is 0 Å². The molecule has 1 unspecified atom stereocenters. The molecular weight excluding hydrogens is 304 g/mol. The second-order valence-electron chi connectivity index (χ2n) is 4.35. The van der Waals surface area contributed by atoms with E-state index in [1.807, 2.05) is 30.3 Å². The lowest BCUT2D eigenvalue weighted by Gasteiger charge is -2.17. The van der Waals surface area contributed by atoms with Crippen molar-refractivity contribution in [3.05, 3.63) is 58.1 Å². The molecule has 2 rings (SSSR count). The maximum Gasteiger partial charge on any atom is 0.122 e. The minimum Gasteiger partial charge on any atom is -0.497 e. The number of halogens is 1. The third-order valence-corrected chi connectivity index (χ3v) is 3.97. The predicted molar refractivity (Wildman–Crippen MR) is 81.2 cm³/mol. The highest BCUT2D eigenvalue weighted by Crippen LogP contribution is 2.36. The smallest absolute Gasteiger partial charge is 0.122 e. The second kappa shape index (κ2) is 6.11. The SMILES string of the molecule is COc1ccc(C(C)c2ccccc2OC)c(Br)c1. The fourth-order valence-corrected chi connectivity index (χ4v) is 2.88. The Kier molecular flexibility index (Phi) is 4.48. The molecular formula is C16H17BrO2. The summed E-state index contributed by atoms with van der Waals surface area (Å²) in [7, 11) is 3.37. The molecule has 0 aliphatic rings. The van der Waals surface area contributed by atoms with Crippen molar-refractivity contribution in [2.75, 3.05) is 14.2 Å². The molecule has 0 N–H and O–H groups in total. The fourth-order valence-electron chi connectivity index (χ4n) is 2.18. The molecule has 2 aromatic rings. The molecule has 0 saturated heterocycles. The number of rotatable bonds is 4. The van der Waals surface area contributed by atoms with Crippen molar-refractivity contribution in [1.82, 2.24) is 0 Å². The summed E-state index contributed by atoms with van der Waals surface area (Å²) in [5.74, 6) is 2.01. The van der Waals surface area contributed by atoms with Crippen LogP contribution in [0.3, 0.4) is 0 Å². The van der Waals surface area contributed by atoms with E-state index in [9.17, 15) is 0 Å². The first-order valence-electron chi connectivity index (χ1n) is 6.13. The largest absolute Gasteiger partial charge is 0.497 e. The average Bonchev–Trinajstić information content (AvgIpc) is 2.46. The molecule has 0 amide bonds. The molecule has 0 aliphatic heterocycles. The Balaban J connectivity index is 2.41. The number of ether oxygens (including phenoxy) is 2. The summed E-state index contributed by atoms with van der Waals surface area (Å²) in [4.78, 5) is 0. The summed E-state index contributed by atoms with van der Waals surface area (Å²) in [5, 5.41) is 0. The predicted octanol–water partition coefficient (Wildman–Crippen LogP) is 4.62. The van der Waals surface area contributed by atoms with E-state index in [0.717, 1.165) is 16.0 Å². The molecule has 0 spiro atoms. The van der Waals surface area contributed by atoms with Gasteiger partial charge in [-0.3, -0.25) is 0 Å². The van der Waals surface area contributed by atoms with Gasteiger partial charge in [-0.2, -0.15) is 0 Å². The van der Waals surface area contributed by atoms with Gasteiger partial charge in [0.05, 0.1) is 14.2 Å².